The van der Waals surface area contributed by atoms with Crippen LogP contribution in [0.25, 0.3) is 0 Å². The van der Waals surface area contributed by atoms with Crippen LogP contribution in [0.1, 0.15) is 59.8 Å². The van der Waals surface area contributed by atoms with Crippen molar-refractivity contribution in [2.45, 2.75) is 76.9 Å². The molecular weight excluding hydrogens is 228 g/mol. The standard InChI is InChI=1S/C14H24N2O2/c1-5-14(4)11(17)15-13(2,3)12(18)16(14)10-8-6-7-9-10/h10H,5-9H2,1-4H3,(H,15,17). The van der Waals surface area contributed by atoms with Gasteiger partial charge in [-0.05, 0) is 40.0 Å². The third-order valence-corrected chi connectivity index (χ3v) is 4.58. The van der Waals surface area contributed by atoms with Gasteiger partial charge in [0, 0.05) is 6.04 Å². The van der Waals surface area contributed by atoms with Crippen LogP contribution in [0.5, 0.6) is 0 Å². The van der Waals surface area contributed by atoms with Gasteiger partial charge in [0.2, 0.25) is 11.8 Å². The summed E-state index contributed by atoms with van der Waals surface area (Å²) in [5.74, 6) is 0.0554. The highest BCUT2D eigenvalue weighted by molar-refractivity contribution is 6.01. The number of carbonyl (C=O) groups excluding carboxylic acids is 2. The first-order valence-corrected chi connectivity index (χ1v) is 6.99. The second-order valence-electron chi connectivity index (χ2n) is 6.32. The van der Waals surface area contributed by atoms with Gasteiger partial charge >= 0.3 is 0 Å². The number of nitrogens with one attached hydrogen (secondary N) is 1. The van der Waals surface area contributed by atoms with E-state index in [-0.39, 0.29) is 17.9 Å². The molecule has 102 valence electrons. The first kappa shape index (κ1) is 13.4. The summed E-state index contributed by atoms with van der Waals surface area (Å²) in [6, 6.07) is 0.243. The first-order valence-electron chi connectivity index (χ1n) is 6.99. The van der Waals surface area contributed by atoms with Gasteiger partial charge < -0.3 is 10.2 Å². The Kier molecular flexibility index (Phi) is 3.16. The maximum Gasteiger partial charge on any atom is 0.248 e. The zero-order valence-corrected chi connectivity index (χ0v) is 11.9. The molecule has 4 heteroatoms. The normalized spacial score (nSPS) is 32.8. The molecule has 0 aromatic carbocycles. The summed E-state index contributed by atoms with van der Waals surface area (Å²) in [6.07, 6.45) is 5.05. The predicted octanol–water partition coefficient (Wildman–Crippen LogP) is 1.83. The Hall–Kier alpha value is -1.06. The number of nitrogens with zero attached hydrogens (tertiary/aromatic N) is 1. The van der Waals surface area contributed by atoms with Gasteiger partial charge in [0.1, 0.15) is 11.1 Å². The van der Waals surface area contributed by atoms with Crippen LogP contribution in [0.2, 0.25) is 0 Å². The van der Waals surface area contributed by atoms with E-state index in [1.54, 1.807) is 13.8 Å². The van der Waals surface area contributed by atoms with Crippen molar-refractivity contribution in [2.24, 2.45) is 0 Å². The van der Waals surface area contributed by atoms with Crippen molar-refractivity contribution in [3.63, 3.8) is 0 Å². The molecule has 1 saturated carbocycles. The van der Waals surface area contributed by atoms with Crippen LogP contribution in [0.4, 0.5) is 0 Å². The molecule has 2 rings (SSSR count). The minimum atomic E-state index is -0.769. The molecule has 0 bridgehead atoms. The van der Waals surface area contributed by atoms with Crippen molar-refractivity contribution >= 4 is 11.8 Å². The van der Waals surface area contributed by atoms with Crippen LogP contribution in [-0.4, -0.2) is 33.8 Å². The monoisotopic (exact) mass is 252 g/mol. The minimum Gasteiger partial charge on any atom is -0.340 e. The maximum atomic E-state index is 12.7. The Balaban J connectivity index is 2.39. The van der Waals surface area contributed by atoms with E-state index in [1.807, 2.05) is 18.7 Å². The summed E-state index contributed by atoms with van der Waals surface area (Å²) in [6.45, 7) is 7.47. The van der Waals surface area contributed by atoms with Gasteiger partial charge in [-0.25, -0.2) is 0 Å². The molecule has 1 aliphatic heterocycles. The third kappa shape index (κ3) is 1.82. The van der Waals surface area contributed by atoms with Crippen molar-refractivity contribution in [1.29, 1.82) is 0 Å². The molecule has 1 aliphatic carbocycles. The smallest absolute Gasteiger partial charge is 0.248 e. The lowest BCUT2D eigenvalue weighted by atomic mass is 9.84. The molecule has 18 heavy (non-hydrogen) atoms. The summed E-state index contributed by atoms with van der Waals surface area (Å²) in [4.78, 5) is 26.9. The Bertz CT molecular complexity index is 372. The van der Waals surface area contributed by atoms with Crippen LogP contribution < -0.4 is 5.32 Å². The lowest BCUT2D eigenvalue weighted by Crippen LogP contribution is -2.74. The largest absolute Gasteiger partial charge is 0.340 e. The average molecular weight is 252 g/mol. The summed E-state index contributed by atoms with van der Waals surface area (Å²) >= 11 is 0. The van der Waals surface area contributed by atoms with Crippen LogP contribution in [-0.2, 0) is 9.59 Å². The van der Waals surface area contributed by atoms with Crippen molar-refractivity contribution < 1.29 is 9.59 Å². The van der Waals surface area contributed by atoms with Crippen molar-refractivity contribution in [1.82, 2.24) is 10.2 Å². The molecule has 4 nitrogen and oxygen atoms in total. The van der Waals surface area contributed by atoms with Crippen LogP contribution in [0.3, 0.4) is 0 Å². The summed E-state index contributed by atoms with van der Waals surface area (Å²) < 4.78 is 0. The van der Waals surface area contributed by atoms with Gasteiger partial charge in [-0.1, -0.05) is 19.8 Å². The number of piperazine rings is 1. The SMILES string of the molecule is CCC1(C)C(=O)NC(C)(C)C(=O)N1C1CCCC1. The van der Waals surface area contributed by atoms with Crippen LogP contribution in [0, 0.1) is 0 Å². The second kappa shape index (κ2) is 4.25. The Morgan fingerprint density at radius 1 is 1.22 bits per heavy atom. The zero-order valence-electron chi connectivity index (χ0n) is 11.9. The summed E-state index contributed by atoms with van der Waals surface area (Å²) in [5.41, 5.74) is -1.45. The van der Waals surface area contributed by atoms with E-state index in [2.05, 4.69) is 5.32 Å². The number of hydrogen-bond donors (Lipinski definition) is 1. The Morgan fingerprint density at radius 2 is 1.78 bits per heavy atom. The highest BCUT2D eigenvalue weighted by atomic mass is 16.2. The van der Waals surface area contributed by atoms with Gasteiger partial charge in [-0.2, -0.15) is 0 Å². The second-order valence-corrected chi connectivity index (χ2v) is 6.32. The molecule has 1 unspecified atom stereocenters. The molecule has 1 saturated heterocycles. The molecule has 2 amide bonds. The average Bonchev–Trinajstić information content (AvgIpc) is 2.80. The third-order valence-electron chi connectivity index (χ3n) is 4.58. The van der Waals surface area contributed by atoms with E-state index in [4.69, 9.17) is 0 Å². The van der Waals surface area contributed by atoms with E-state index >= 15 is 0 Å². The lowest BCUT2D eigenvalue weighted by Gasteiger charge is -2.51. The number of rotatable bonds is 2. The van der Waals surface area contributed by atoms with E-state index in [0.29, 0.717) is 6.42 Å². The van der Waals surface area contributed by atoms with Crippen LogP contribution >= 0.6 is 0 Å². The first-order chi connectivity index (χ1) is 8.33. The van der Waals surface area contributed by atoms with E-state index in [0.717, 1.165) is 25.7 Å². The number of amides is 2. The fraction of sp³-hybridized carbons (Fsp3) is 0.857. The Labute approximate surface area is 109 Å². The van der Waals surface area contributed by atoms with E-state index in [9.17, 15) is 9.59 Å². The van der Waals surface area contributed by atoms with Gasteiger partial charge in [-0.3, -0.25) is 9.59 Å². The molecule has 0 aromatic heterocycles. The fourth-order valence-corrected chi connectivity index (χ4v) is 3.17. The zero-order chi connectivity index (χ0) is 13.6. The molecule has 0 radical (unpaired) electrons. The van der Waals surface area contributed by atoms with Gasteiger partial charge in [0.15, 0.2) is 0 Å². The number of carbonyl (C=O) groups is 2. The van der Waals surface area contributed by atoms with Crippen molar-refractivity contribution in [3.05, 3.63) is 0 Å². The predicted molar refractivity (Wildman–Crippen MR) is 70.0 cm³/mol. The quantitative estimate of drug-likeness (QED) is 0.815. The van der Waals surface area contributed by atoms with Crippen molar-refractivity contribution in [3.8, 4) is 0 Å². The molecule has 1 heterocycles. The highest BCUT2D eigenvalue weighted by Crippen LogP contribution is 2.36. The number of hydrogen-bond acceptors (Lipinski definition) is 2. The van der Waals surface area contributed by atoms with E-state index in [1.165, 1.54) is 0 Å². The Morgan fingerprint density at radius 3 is 2.28 bits per heavy atom. The molecule has 0 spiro atoms. The van der Waals surface area contributed by atoms with Gasteiger partial charge in [0.25, 0.3) is 0 Å². The molecule has 0 aromatic rings. The minimum absolute atomic E-state index is 0.0125. The molecule has 2 fully saturated rings. The lowest BCUT2D eigenvalue weighted by molar-refractivity contribution is -0.164. The maximum absolute atomic E-state index is 12.7. The topological polar surface area (TPSA) is 49.4 Å². The molecular formula is C14H24N2O2. The van der Waals surface area contributed by atoms with Crippen molar-refractivity contribution in [2.75, 3.05) is 0 Å². The molecule has 2 aliphatic rings. The fourth-order valence-electron chi connectivity index (χ4n) is 3.17. The summed E-state index contributed by atoms with van der Waals surface area (Å²) in [5, 5.41) is 2.87. The van der Waals surface area contributed by atoms with Gasteiger partial charge in [0.05, 0.1) is 0 Å². The van der Waals surface area contributed by atoms with E-state index < -0.39 is 11.1 Å². The van der Waals surface area contributed by atoms with Gasteiger partial charge in [-0.15, -0.1) is 0 Å². The molecule has 1 N–H and O–H groups in total. The summed E-state index contributed by atoms with van der Waals surface area (Å²) in [7, 11) is 0. The molecule has 1 atom stereocenters. The van der Waals surface area contributed by atoms with Crippen LogP contribution in [0.15, 0.2) is 0 Å². The highest BCUT2D eigenvalue weighted by Gasteiger charge is 2.54.